The molecule has 110 valence electrons. The van der Waals surface area contributed by atoms with Crippen molar-refractivity contribution in [3.8, 4) is 0 Å². The van der Waals surface area contributed by atoms with Crippen molar-refractivity contribution in [1.82, 2.24) is 14.9 Å². The fraction of sp³-hybridized carbons (Fsp3) is 0.643. The number of amides is 1. The second kappa shape index (κ2) is 6.65. The van der Waals surface area contributed by atoms with Crippen molar-refractivity contribution in [3.05, 3.63) is 17.6 Å². The molecular weight excluding hydrogens is 256 g/mol. The van der Waals surface area contributed by atoms with Crippen molar-refractivity contribution >= 4 is 11.7 Å². The maximum atomic E-state index is 11.5. The molecule has 6 heteroatoms. The molecule has 1 amide bonds. The summed E-state index contributed by atoms with van der Waals surface area (Å²) in [5.74, 6) is 1.84. The van der Waals surface area contributed by atoms with Gasteiger partial charge in [-0.05, 0) is 19.8 Å². The van der Waals surface area contributed by atoms with Gasteiger partial charge in [-0.25, -0.2) is 9.97 Å². The number of aryl methyl sites for hydroxylation is 1. The number of hydrogen-bond donors (Lipinski definition) is 2. The molecule has 1 atom stereocenters. The number of nitrogens with one attached hydrogen (secondary N) is 1. The van der Waals surface area contributed by atoms with Crippen molar-refractivity contribution in [2.45, 2.75) is 32.6 Å². The monoisotopic (exact) mass is 278 g/mol. The van der Waals surface area contributed by atoms with Crippen LogP contribution in [0.1, 0.15) is 37.2 Å². The molecule has 0 saturated carbocycles. The van der Waals surface area contributed by atoms with Gasteiger partial charge in [-0.15, -0.1) is 0 Å². The van der Waals surface area contributed by atoms with Crippen LogP contribution in [-0.4, -0.2) is 52.1 Å². The van der Waals surface area contributed by atoms with E-state index in [1.165, 1.54) is 0 Å². The number of hydrogen-bond acceptors (Lipinski definition) is 5. The molecule has 1 fully saturated rings. The van der Waals surface area contributed by atoms with Crippen LogP contribution in [0.2, 0.25) is 0 Å². The van der Waals surface area contributed by atoms with Crippen LogP contribution < -0.4 is 5.32 Å². The minimum absolute atomic E-state index is 0.0694. The largest absolute Gasteiger partial charge is 0.395 e. The Morgan fingerprint density at radius 2 is 2.35 bits per heavy atom. The standard InChI is InChI=1S/C14H22N4O2/c1-10-16-13(8-14(17-10)15-5-7-19)12-4-3-6-18(9-12)11(2)20/h8,12,19H,3-7,9H2,1-2H3,(H,15,16,17)/t12-/m1/s1. The molecule has 0 unspecified atom stereocenters. The fourth-order valence-corrected chi connectivity index (χ4v) is 2.58. The lowest BCUT2D eigenvalue weighted by Gasteiger charge is -2.31. The SMILES string of the molecule is CC(=O)N1CCC[C@@H](c2cc(NCCO)nc(C)n2)C1. The average molecular weight is 278 g/mol. The third kappa shape index (κ3) is 3.66. The zero-order valence-electron chi connectivity index (χ0n) is 12.1. The van der Waals surface area contributed by atoms with E-state index in [2.05, 4.69) is 15.3 Å². The van der Waals surface area contributed by atoms with Gasteiger partial charge in [0.15, 0.2) is 0 Å². The van der Waals surface area contributed by atoms with Gasteiger partial charge >= 0.3 is 0 Å². The number of rotatable bonds is 4. The molecule has 0 bridgehead atoms. The molecule has 0 aromatic carbocycles. The van der Waals surface area contributed by atoms with Crippen LogP contribution in [0.4, 0.5) is 5.82 Å². The first-order chi connectivity index (χ1) is 9.60. The van der Waals surface area contributed by atoms with Crippen LogP contribution in [-0.2, 0) is 4.79 Å². The number of piperidine rings is 1. The zero-order valence-corrected chi connectivity index (χ0v) is 12.1. The molecule has 2 N–H and O–H groups in total. The van der Waals surface area contributed by atoms with Crippen LogP contribution in [0.3, 0.4) is 0 Å². The van der Waals surface area contributed by atoms with Gasteiger partial charge in [-0.2, -0.15) is 0 Å². The van der Waals surface area contributed by atoms with Gasteiger partial charge in [0.1, 0.15) is 11.6 Å². The molecule has 1 aromatic heterocycles. The number of carbonyl (C=O) groups is 1. The summed E-state index contributed by atoms with van der Waals surface area (Å²) in [7, 11) is 0. The van der Waals surface area contributed by atoms with Crippen molar-refractivity contribution in [2.75, 3.05) is 31.6 Å². The topological polar surface area (TPSA) is 78.4 Å². The Balaban J connectivity index is 2.14. The molecule has 1 saturated heterocycles. The van der Waals surface area contributed by atoms with Gasteiger partial charge in [0, 0.05) is 38.5 Å². The molecule has 1 aliphatic rings. The number of anilines is 1. The van der Waals surface area contributed by atoms with Gasteiger partial charge in [0.25, 0.3) is 0 Å². The highest BCUT2D eigenvalue weighted by molar-refractivity contribution is 5.73. The Kier molecular flexibility index (Phi) is 4.89. The molecule has 0 aliphatic carbocycles. The van der Waals surface area contributed by atoms with Crippen LogP contribution in [0, 0.1) is 6.92 Å². The van der Waals surface area contributed by atoms with E-state index in [4.69, 9.17) is 5.11 Å². The molecule has 0 radical (unpaired) electrons. The van der Waals surface area contributed by atoms with Gasteiger partial charge in [-0.1, -0.05) is 0 Å². The van der Waals surface area contributed by atoms with E-state index < -0.39 is 0 Å². The van der Waals surface area contributed by atoms with Crippen molar-refractivity contribution in [1.29, 1.82) is 0 Å². The molecular formula is C14H22N4O2. The predicted octanol–water partition coefficient (Wildman–Crippen LogP) is 0.915. The predicted molar refractivity (Wildman–Crippen MR) is 76.6 cm³/mol. The molecule has 2 heterocycles. The molecule has 2 rings (SSSR count). The van der Waals surface area contributed by atoms with E-state index in [1.807, 2.05) is 17.9 Å². The quantitative estimate of drug-likeness (QED) is 0.856. The Morgan fingerprint density at radius 3 is 3.05 bits per heavy atom. The summed E-state index contributed by atoms with van der Waals surface area (Å²) in [5, 5.41) is 11.9. The molecule has 1 aliphatic heterocycles. The van der Waals surface area contributed by atoms with Crippen molar-refractivity contribution < 1.29 is 9.90 Å². The van der Waals surface area contributed by atoms with Crippen LogP contribution in [0.15, 0.2) is 6.07 Å². The van der Waals surface area contributed by atoms with Crippen molar-refractivity contribution in [2.24, 2.45) is 0 Å². The summed E-state index contributed by atoms with van der Waals surface area (Å²) in [6.45, 7) is 5.58. The summed E-state index contributed by atoms with van der Waals surface area (Å²) in [4.78, 5) is 22.2. The fourth-order valence-electron chi connectivity index (χ4n) is 2.58. The number of likely N-dealkylation sites (tertiary alicyclic amines) is 1. The van der Waals surface area contributed by atoms with E-state index in [0.717, 1.165) is 37.4 Å². The Morgan fingerprint density at radius 1 is 1.55 bits per heavy atom. The number of aromatic nitrogens is 2. The lowest BCUT2D eigenvalue weighted by atomic mass is 9.94. The highest BCUT2D eigenvalue weighted by atomic mass is 16.3. The van der Waals surface area contributed by atoms with Gasteiger partial charge in [0.05, 0.1) is 12.3 Å². The summed E-state index contributed by atoms with van der Waals surface area (Å²) in [5.41, 5.74) is 0.976. The van der Waals surface area contributed by atoms with Crippen molar-refractivity contribution in [3.63, 3.8) is 0 Å². The number of carbonyl (C=O) groups excluding carboxylic acids is 1. The van der Waals surface area contributed by atoms with Crippen LogP contribution in [0.5, 0.6) is 0 Å². The average Bonchev–Trinajstić information content (AvgIpc) is 2.44. The molecule has 6 nitrogen and oxygen atoms in total. The number of aliphatic hydroxyl groups excluding tert-OH is 1. The normalized spacial score (nSPS) is 18.9. The molecule has 0 spiro atoms. The highest BCUT2D eigenvalue weighted by Gasteiger charge is 2.24. The second-order valence-corrected chi connectivity index (χ2v) is 5.18. The summed E-state index contributed by atoms with van der Waals surface area (Å²) < 4.78 is 0. The molecule has 1 aromatic rings. The molecule has 20 heavy (non-hydrogen) atoms. The van der Waals surface area contributed by atoms with E-state index >= 15 is 0 Å². The minimum Gasteiger partial charge on any atom is -0.395 e. The number of aliphatic hydroxyl groups is 1. The summed E-state index contributed by atoms with van der Waals surface area (Å²) in [6.07, 6.45) is 2.05. The third-order valence-corrected chi connectivity index (χ3v) is 3.56. The lowest BCUT2D eigenvalue weighted by Crippen LogP contribution is -2.37. The Hall–Kier alpha value is -1.69. The smallest absolute Gasteiger partial charge is 0.219 e. The third-order valence-electron chi connectivity index (χ3n) is 3.56. The highest BCUT2D eigenvalue weighted by Crippen LogP contribution is 2.26. The van der Waals surface area contributed by atoms with Crippen LogP contribution in [0.25, 0.3) is 0 Å². The maximum Gasteiger partial charge on any atom is 0.219 e. The first-order valence-corrected chi connectivity index (χ1v) is 7.06. The van der Waals surface area contributed by atoms with E-state index in [-0.39, 0.29) is 18.4 Å². The maximum absolute atomic E-state index is 11.5. The minimum atomic E-state index is 0.0694. The first-order valence-electron chi connectivity index (χ1n) is 7.06. The second-order valence-electron chi connectivity index (χ2n) is 5.18. The number of nitrogens with zero attached hydrogens (tertiary/aromatic N) is 3. The van der Waals surface area contributed by atoms with Gasteiger partial charge in [0.2, 0.25) is 5.91 Å². The van der Waals surface area contributed by atoms with Gasteiger partial charge < -0.3 is 15.3 Å². The van der Waals surface area contributed by atoms with Gasteiger partial charge in [-0.3, -0.25) is 4.79 Å². The van der Waals surface area contributed by atoms with E-state index in [9.17, 15) is 4.79 Å². The lowest BCUT2D eigenvalue weighted by molar-refractivity contribution is -0.130. The first kappa shape index (κ1) is 14.7. The Bertz CT molecular complexity index is 478. The van der Waals surface area contributed by atoms with E-state index in [0.29, 0.717) is 12.4 Å². The zero-order chi connectivity index (χ0) is 14.5. The van der Waals surface area contributed by atoms with Crippen LogP contribution >= 0.6 is 0 Å². The summed E-state index contributed by atoms with van der Waals surface area (Å²) >= 11 is 0. The summed E-state index contributed by atoms with van der Waals surface area (Å²) in [6, 6.07) is 1.93. The van der Waals surface area contributed by atoms with E-state index in [1.54, 1.807) is 6.92 Å². The Labute approximate surface area is 119 Å².